The van der Waals surface area contributed by atoms with E-state index in [0.717, 1.165) is 25.9 Å². The lowest BCUT2D eigenvalue weighted by Gasteiger charge is -2.20. The van der Waals surface area contributed by atoms with Crippen LogP contribution < -0.4 is 0 Å². The van der Waals surface area contributed by atoms with Crippen LogP contribution in [-0.2, 0) is 14.3 Å². The largest absolute Gasteiger partial charge is 0.466 e. The number of ether oxygens (including phenoxy) is 1. The third-order valence-corrected chi connectivity index (χ3v) is 3.22. The molecule has 0 aromatic rings. The van der Waals surface area contributed by atoms with Gasteiger partial charge in [-0.2, -0.15) is 0 Å². The van der Waals surface area contributed by atoms with Gasteiger partial charge >= 0.3 is 5.97 Å². The molecule has 4 nitrogen and oxygen atoms in total. The molecule has 0 aliphatic carbocycles. The van der Waals surface area contributed by atoms with E-state index in [1.165, 1.54) is 6.42 Å². The molecule has 0 radical (unpaired) electrons. The first-order valence-corrected chi connectivity index (χ1v) is 6.57. The van der Waals surface area contributed by atoms with Gasteiger partial charge in [0.1, 0.15) is 0 Å². The Hall–Kier alpha value is -1.06. The fourth-order valence-electron chi connectivity index (χ4n) is 2.11. The second kappa shape index (κ2) is 7.30. The van der Waals surface area contributed by atoms with Crippen molar-refractivity contribution in [1.82, 2.24) is 4.90 Å². The molecule has 0 saturated carbocycles. The van der Waals surface area contributed by atoms with Crippen molar-refractivity contribution in [2.75, 3.05) is 19.7 Å². The van der Waals surface area contributed by atoms with Crippen LogP contribution in [0.25, 0.3) is 0 Å². The summed E-state index contributed by atoms with van der Waals surface area (Å²) in [6.45, 7) is 6.06. The molecule has 0 aromatic carbocycles. The average molecular weight is 241 g/mol. The highest BCUT2D eigenvalue weighted by atomic mass is 16.5. The minimum atomic E-state index is -0.274. The van der Waals surface area contributed by atoms with Crippen molar-refractivity contribution in [3.8, 4) is 0 Å². The van der Waals surface area contributed by atoms with Gasteiger partial charge in [-0.25, -0.2) is 0 Å². The Morgan fingerprint density at radius 2 is 2.00 bits per heavy atom. The van der Waals surface area contributed by atoms with Crippen molar-refractivity contribution in [3.63, 3.8) is 0 Å². The van der Waals surface area contributed by atoms with Gasteiger partial charge in [-0.15, -0.1) is 0 Å². The third kappa shape index (κ3) is 5.20. The van der Waals surface area contributed by atoms with E-state index < -0.39 is 0 Å². The smallest absolute Gasteiger partial charge is 0.306 e. The first-order chi connectivity index (χ1) is 8.13. The van der Waals surface area contributed by atoms with E-state index in [1.807, 2.05) is 4.90 Å². The number of rotatable bonds is 4. The van der Waals surface area contributed by atoms with Gasteiger partial charge in [0.25, 0.3) is 0 Å². The van der Waals surface area contributed by atoms with Crippen molar-refractivity contribution in [1.29, 1.82) is 0 Å². The number of likely N-dealkylation sites (tertiary alicyclic amines) is 1. The van der Waals surface area contributed by atoms with E-state index in [1.54, 1.807) is 6.92 Å². The summed E-state index contributed by atoms with van der Waals surface area (Å²) in [4.78, 5) is 24.9. The number of hydrogen-bond donors (Lipinski definition) is 0. The van der Waals surface area contributed by atoms with Crippen LogP contribution in [-0.4, -0.2) is 36.5 Å². The lowest BCUT2D eigenvalue weighted by Crippen LogP contribution is -2.32. The highest BCUT2D eigenvalue weighted by Crippen LogP contribution is 2.17. The van der Waals surface area contributed by atoms with Crippen molar-refractivity contribution in [2.24, 2.45) is 5.92 Å². The van der Waals surface area contributed by atoms with Crippen molar-refractivity contribution >= 4 is 11.9 Å². The molecule has 17 heavy (non-hydrogen) atoms. The predicted octanol–water partition coefficient (Wildman–Crippen LogP) is 1.98. The molecule has 0 bridgehead atoms. The summed E-state index contributed by atoms with van der Waals surface area (Å²) >= 11 is 0. The van der Waals surface area contributed by atoms with Gasteiger partial charge in [-0.3, -0.25) is 9.59 Å². The lowest BCUT2D eigenvalue weighted by atomic mass is 10.0. The molecule has 1 unspecified atom stereocenters. The summed E-state index contributed by atoms with van der Waals surface area (Å²) < 4.78 is 4.81. The van der Waals surface area contributed by atoms with Gasteiger partial charge in [0.2, 0.25) is 5.91 Å². The maximum atomic E-state index is 11.9. The van der Waals surface area contributed by atoms with Gasteiger partial charge < -0.3 is 9.64 Å². The maximum absolute atomic E-state index is 11.9. The second-order valence-electron chi connectivity index (χ2n) is 4.72. The normalized spacial score (nSPS) is 20.8. The quantitative estimate of drug-likeness (QED) is 0.707. The number of amides is 1. The molecule has 1 atom stereocenters. The van der Waals surface area contributed by atoms with Crippen molar-refractivity contribution < 1.29 is 14.3 Å². The van der Waals surface area contributed by atoms with Crippen molar-refractivity contribution in [2.45, 2.75) is 46.0 Å². The second-order valence-corrected chi connectivity index (χ2v) is 4.72. The number of nitrogens with zero attached hydrogens (tertiary/aromatic N) is 1. The Morgan fingerprint density at radius 1 is 1.24 bits per heavy atom. The van der Waals surface area contributed by atoms with Gasteiger partial charge in [-0.1, -0.05) is 6.92 Å². The van der Waals surface area contributed by atoms with E-state index in [9.17, 15) is 9.59 Å². The lowest BCUT2D eigenvalue weighted by molar-refractivity contribution is -0.145. The average Bonchev–Trinajstić information content (AvgIpc) is 2.51. The van der Waals surface area contributed by atoms with Gasteiger partial charge in [0.05, 0.1) is 13.0 Å². The fraction of sp³-hybridized carbons (Fsp3) is 0.846. The molecule has 1 fully saturated rings. The van der Waals surface area contributed by atoms with Crippen LogP contribution in [0.3, 0.4) is 0 Å². The summed E-state index contributed by atoms with van der Waals surface area (Å²) in [5, 5.41) is 0. The number of hydrogen-bond acceptors (Lipinski definition) is 3. The fourth-order valence-corrected chi connectivity index (χ4v) is 2.11. The molecule has 0 N–H and O–H groups in total. The minimum absolute atomic E-state index is 0.0900. The molecular weight excluding hydrogens is 218 g/mol. The number of carbonyl (C=O) groups is 2. The third-order valence-electron chi connectivity index (χ3n) is 3.22. The zero-order valence-corrected chi connectivity index (χ0v) is 10.9. The number of carbonyl (C=O) groups excluding carboxylic acids is 2. The van der Waals surface area contributed by atoms with Gasteiger partial charge in [-0.05, 0) is 32.1 Å². The van der Waals surface area contributed by atoms with Gasteiger partial charge in [0, 0.05) is 19.5 Å². The molecule has 4 heteroatoms. The van der Waals surface area contributed by atoms with Crippen LogP contribution >= 0.6 is 0 Å². The van der Waals surface area contributed by atoms with Crippen LogP contribution in [0, 0.1) is 5.92 Å². The van der Waals surface area contributed by atoms with E-state index in [4.69, 9.17) is 4.74 Å². The Morgan fingerprint density at radius 3 is 2.71 bits per heavy atom. The summed E-state index contributed by atoms with van der Waals surface area (Å²) in [6, 6.07) is 0. The molecule has 1 saturated heterocycles. The van der Waals surface area contributed by atoms with E-state index >= 15 is 0 Å². The summed E-state index contributed by atoms with van der Waals surface area (Å²) in [6.07, 6.45) is 3.84. The van der Waals surface area contributed by atoms with Crippen LogP contribution in [0.2, 0.25) is 0 Å². The highest BCUT2D eigenvalue weighted by molar-refractivity contribution is 5.81. The Kier molecular flexibility index (Phi) is 6.01. The van der Waals surface area contributed by atoms with Crippen LogP contribution in [0.1, 0.15) is 46.0 Å². The van der Waals surface area contributed by atoms with E-state index in [-0.39, 0.29) is 24.7 Å². The summed E-state index contributed by atoms with van der Waals surface area (Å²) in [5.74, 6) is 0.522. The van der Waals surface area contributed by atoms with Crippen LogP contribution in [0.4, 0.5) is 0 Å². The Labute approximate surface area is 103 Å². The standard InChI is InChI=1S/C13H23NO3/c1-3-17-13(16)7-6-12(15)14-9-4-5-11(2)8-10-14/h11H,3-10H2,1-2H3. The summed E-state index contributed by atoms with van der Waals surface area (Å²) in [5.41, 5.74) is 0. The predicted molar refractivity (Wildman–Crippen MR) is 65.5 cm³/mol. The topological polar surface area (TPSA) is 46.6 Å². The molecule has 1 amide bonds. The molecule has 98 valence electrons. The monoisotopic (exact) mass is 241 g/mol. The molecule has 1 rings (SSSR count). The zero-order valence-electron chi connectivity index (χ0n) is 10.9. The molecule has 1 aliphatic heterocycles. The van der Waals surface area contributed by atoms with Crippen LogP contribution in [0.15, 0.2) is 0 Å². The molecule has 0 spiro atoms. The first-order valence-electron chi connectivity index (χ1n) is 6.57. The molecule has 1 heterocycles. The maximum Gasteiger partial charge on any atom is 0.306 e. The van der Waals surface area contributed by atoms with Gasteiger partial charge in [0.15, 0.2) is 0 Å². The minimum Gasteiger partial charge on any atom is -0.466 e. The molecular formula is C13H23NO3. The Balaban J connectivity index is 2.29. The number of esters is 1. The molecule has 1 aliphatic rings. The zero-order chi connectivity index (χ0) is 12.7. The SMILES string of the molecule is CCOC(=O)CCC(=O)N1CCCC(C)CC1. The van der Waals surface area contributed by atoms with Crippen LogP contribution in [0.5, 0.6) is 0 Å². The highest BCUT2D eigenvalue weighted by Gasteiger charge is 2.19. The van der Waals surface area contributed by atoms with Crippen molar-refractivity contribution in [3.05, 3.63) is 0 Å². The Bertz CT molecular complexity index is 265. The molecule has 0 aromatic heterocycles. The first kappa shape index (κ1) is 14.0. The van der Waals surface area contributed by atoms with E-state index in [2.05, 4.69) is 6.92 Å². The van der Waals surface area contributed by atoms with E-state index in [0.29, 0.717) is 12.5 Å². The summed E-state index contributed by atoms with van der Waals surface area (Å²) in [7, 11) is 0.